The number of carboxylic acid groups (broad SMARTS) is 1. The van der Waals surface area contributed by atoms with Crippen LogP contribution in [0.3, 0.4) is 0 Å². The molecular weight excluding hydrogens is 294 g/mol. The molecule has 2 aromatic rings. The van der Waals surface area contributed by atoms with Crippen LogP contribution in [0.4, 0.5) is 0 Å². The van der Waals surface area contributed by atoms with Gasteiger partial charge in [-0.1, -0.05) is 48.5 Å². The molecule has 0 aliphatic carbocycles. The lowest BCUT2D eigenvalue weighted by Gasteiger charge is -2.21. The van der Waals surface area contributed by atoms with Gasteiger partial charge in [0.1, 0.15) is 0 Å². The highest BCUT2D eigenvalue weighted by Gasteiger charge is 2.15. The summed E-state index contributed by atoms with van der Waals surface area (Å²) in [7, 11) is 1.85. The van der Waals surface area contributed by atoms with Gasteiger partial charge in [0.15, 0.2) is 0 Å². The maximum absolute atomic E-state index is 10.8. The first kappa shape index (κ1) is 16.6. The van der Waals surface area contributed by atoms with Crippen LogP contribution in [-0.2, 0) is 4.79 Å². The molecule has 2 aromatic carbocycles. The fourth-order valence-electron chi connectivity index (χ4n) is 2.27. The van der Waals surface area contributed by atoms with E-state index in [9.17, 15) is 4.79 Å². The number of likely N-dealkylation sites (N-methyl/N-ethyl adjacent to an activating group) is 1. The molecule has 0 saturated heterocycles. The summed E-state index contributed by atoms with van der Waals surface area (Å²) in [6.07, 6.45) is 0.910. The van der Waals surface area contributed by atoms with Gasteiger partial charge in [-0.2, -0.15) is 0 Å². The number of hydrogen-bond donors (Lipinski definition) is 1. The summed E-state index contributed by atoms with van der Waals surface area (Å²) in [6, 6.07) is 20.7. The van der Waals surface area contributed by atoms with Crippen molar-refractivity contribution in [2.75, 3.05) is 20.1 Å². The standard InChI is InChI=1S/C18H21NO2S/c1-19(14-18(20)21)13-12-17(15-8-4-2-5-9-15)22-16-10-6-3-7-11-16/h2-11,17H,12-14H2,1H3,(H,20,21). The minimum Gasteiger partial charge on any atom is -0.480 e. The average molecular weight is 315 g/mol. The van der Waals surface area contributed by atoms with Crippen molar-refractivity contribution in [3.63, 3.8) is 0 Å². The van der Waals surface area contributed by atoms with Crippen molar-refractivity contribution in [2.45, 2.75) is 16.6 Å². The highest BCUT2D eigenvalue weighted by molar-refractivity contribution is 7.99. The topological polar surface area (TPSA) is 40.5 Å². The number of rotatable bonds is 8. The molecule has 0 aliphatic heterocycles. The highest BCUT2D eigenvalue weighted by atomic mass is 32.2. The Hall–Kier alpha value is -1.78. The van der Waals surface area contributed by atoms with Crippen LogP contribution < -0.4 is 0 Å². The van der Waals surface area contributed by atoms with Crippen LogP contribution in [-0.4, -0.2) is 36.1 Å². The SMILES string of the molecule is CN(CCC(Sc1ccccc1)c1ccccc1)CC(=O)O. The molecule has 0 bridgehead atoms. The largest absolute Gasteiger partial charge is 0.480 e. The number of benzene rings is 2. The van der Waals surface area contributed by atoms with Crippen molar-refractivity contribution in [3.8, 4) is 0 Å². The summed E-state index contributed by atoms with van der Waals surface area (Å²) >= 11 is 1.83. The van der Waals surface area contributed by atoms with Gasteiger partial charge in [0.2, 0.25) is 0 Å². The Morgan fingerprint density at radius 3 is 2.27 bits per heavy atom. The summed E-state index contributed by atoms with van der Waals surface area (Å²) < 4.78 is 0. The van der Waals surface area contributed by atoms with E-state index in [-0.39, 0.29) is 6.54 Å². The van der Waals surface area contributed by atoms with Gasteiger partial charge in [-0.05, 0) is 37.7 Å². The minimum absolute atomic E-state index is 0.0809. The van der Waals surface area contributed by atoms with Crippen LogP contribution in [0.1, 0.15) is 17.2 Å². The monoisotopic (exact) mass is 315 g/mol. The van der Waals surface area contributed by atoms with E-state index in [0.29, 0.717) is 5.25 Å². The third kappa shape index (κ3) is 5.54. The van der Waals surface area contributed by atoms with Gasteiger partial charge in [-0.3, -0.25) is 9.69 Å². The second-order valence-electron chi connectivity index (χ2n) is 5.25. The number of carbonyl (C=O) groups is 1. The molecule has 0 amide bonds. The fourth-order valence-corrected chi connectivity index (χ4v) is 3.43. The van der Waals surface area contributed by atoms with Crippen molar-refractivity contribution in [2.24, 2.45) is 0 Å². The lowest BCUT2D eigenvalue weighted by molar-refractivity contribution is -0.137. The molecule has 0 fully saturated rings. The number of hydrogen-bond acceptors (Lipinski definition) is 3. The van der Waals surface area contributed by atoms with Crippen molar-refractivity contribution in [1.29, 1.82) is 0 Å². The second kappa shape index (κ2) is 8.61. The van der Waals surface area contributed by atoms with Crippen molar-refractivity contribution < 1.29 is 9.90 Å². The average Bonchev–Trinajstić information content (AvgIpc) is 2.52. The first-order valence-corrected chi connectivity index (χ1v) is 8.20. The summed E-state index contributed by atoms with van der Waals surface area (Å²) in [5, 5.41) is 9.17. The van der Waals surface area contributed by atoms with E-state index in [1.165, 1.54) is 10.5 Å². The highest BCUT2D eigenvalue weighted by Crippen LogP contribution is 2.37. The Balaban J connectivity index is 2.04. The molecule has 0 aliphatic rings. The van der Waals surface area contributed by atoms with E-state index in [2.05, 4.69) is 36.4 Å². The lowest BCUT2D eigenvalue weighted by Crippen LogP contribution is -2.27. The van der Waals surface area contributed by atoms with Crippen LogP contribution >= 0.6 is 11.8 Å². The number of aliphatic carboxylic acids is 1. The van der Waals surface area contributed by atoms with Gasteiger partial charge in [-0.25, -0.2) is 0 Å². The third-order valence-electron chi connectivity index (χ3n) is 3.37. The second-order valence-corrected chi connectivity index (χ2v) is 6.53. The van der Waals surface area contributed by atoms with Crippen LogP contribution in [0.15, 0.2) is 65.6 Å². The molecule has 0 heterocycles. The fraction of sp³-hybridized carbons (Fsp3) is 0.278. The van der Waals surface area contributed by atoms with Gasteiger partial charge in [0, 0.05) is 10.1 Å². The molecule has 1 unspecified atom stereocenters. The molecule has 0 spiro atoms. The van der Waals surface area contributed by atoms with E-state index < -0.39 is 5.97 Å². The van der Waals surface area contributed by atoms with Crippen LogP contribution in [0, 0.1) is 0 Å². The Labute approximate surface area is 136 Å². The zero-order valence-electron chi connectivity index (χ0n) is 12.7. The zero-order valence-corrected chi connectivity index (χ0v) is 13.5. The van der Waals surface area contributed by atoms with Gasteiger partial charge in [-0.15, -0.1) is 11.8 Å². The van der Waals surface area contributed by atoms with Crippen LogP contribution in [0.2, 0.25) is 0 Å². The van der Waals surface area contributed by atoms with Gasteiger partial charge in [0.25, 0.3) is 0 Å². The molecule has 3 nitrogen and oxygen atoms in total. The maximum atomic E-state index is 10.8. The van der Waals surface area contributed by atoms with Gasteiger partial charge < -0.3 is 5.11 Å². The molecule has 1 N–H and O–H groups in total. The normalized spacial score (nSPS) is 12.3. The minimum atomic E-state index is -0.783. The molecule has 2 rings (SSSR count). The van der Waals surface area contributed by atoms with Crippen molar-refractivity contribution >= 4 is 17.7 Å². The number of nitrogens with zero attached hydrogens (tertiary/aromatic N) is 1. The molecule has 0 saturated carbocycles. The maximum Gasteiger partial charge on any atom is 0.317 e. The predicted octanol–water partition coefficient (Wildman–Crippen LogP) is 3.93. The van der Waals surface area contributed by atoms with E-state index >= 15 is 0 Å². The first-order valence-electron chi connectivity index (χ1n) is 7.32. The summed E-state index contributed by atoms with van der Waals surface area (Å²) in [5.41, 5.74) is 1.28. The molecule has 116 valence electrons. The first-order chi connectivity index (χ1) is 10.6. The quantitative estimate of drug-likeness (QED) is 0.749. The molecule has 0 aromatic heterocycles. The van der Waals surface area contributed by atoms with Crippen molar-refractivity contribution in [1.82, 2.24) is 4.90 Å². The summed E-state index contributed by atoms with van der Waals surface area (Å²) in [4.78, 5) is 13.9. The molecular formula is C18H21NO2S. The zero-order chi connectivity index (χ0) is 15.8. The third-order valence-corrected chi connectivity index (χ3v) is 4.71. The number of carboxylic acids is 1. The Kier molecular flexibility index (Phi) is 6.49. The van der Waals surface area contributed by atoms with Crippen LogP contribution in [0.5, 0.6) is 0 Å². The van der Waals surface area contributed by atoms with E-state index in [1.54, 1.807) is 0 Å². The van der Waals surface area contributed by atoms with Gasteiger partial charge >= 0.3 is 5.97 Å². The molecule has 1 atom stereocenters. The summed E-state index contributed by atoms with van der Waals surface area (Å²) in [5.74, 6) is -0.783. The smallest absolute Gasteiger partial charge is 0.317 e. The number of thioether (sulfide) groups is 1. The molecule has 22 heavy (non-hydrogen) atoms. The molecule has 0 radical (unpaired) electrons. The lowest BCUT2D eigenvalue weighted by atomic mass is 10.1. The predicted molar refractivity (Wildman–Crippen MR) is 91.2 cm³/mol. The van der Waals surface area contributed by atoms with Gasteiger partial charge in [0.05, 0.1) is 6.54 Å². The Bertz CT molecular complexity index is 574. The van der Waals surface area contributed by atoms with E-state index in [0.717, 1.165) is 13.0 Å². The molecule has 4 heteroatoms. The summed E-state index contributed by atoms with van der Waals surface area (Å²) in [6.45, 7) is 0.837. The van der Waals surface area contributed by atoms with E-state index in [1.807, 2.05) is 48.0 Å². The van der Waals surface area contributed by atoms with Crippen LogP contribution in [0.25, 0.3) is 0 Å². The van der Waals surface area contributed by atoms with Crippen molar-refractivity contribution in [3.05, 3.63) is 66.2 Å². The Morgan fingerprint density at radius 2 is 1.68 bits per heavy atom. The Morgan fingerprint density at radius 1 is 1.09 bits per heavy atom. The van der Waals surface area contributed by atoms with E-state index in [4.69, 9.17) is 5.11 Å².